The van der Waals surface area contributed by atoms with Crippen molar-refractivity contribution < 1.29 is 18.0 Å². The average molecular weight is 278 g/mol. The van der Waals surface area contributed by atoms with E-state index in [2.05, 4.69) is 0 Å². The van der Waals surface area contributed by atoms with Gasteiger partial charge < -0.3 is 4.79 Å². The molecular weight excluding hydrogens is 265 g/mol. The molecule has 0 saturated heterocycles. The molecule has 0 unspecified atom stereocenters. The minimum atomic E-state index is -4.32. The highest BCUT2D eigenvalue weighted by Crippen LogP contribution is 2.31. The highest BCUT2D eigenvalue weighted by atomic mass is 19.4. The van der Waals surface area contributed by atoms with Crippen molar-refractivity contribution in [2.45, 2.75) is 19.5 Å². The molecule has 0 radical (unpaired) electrons. The van der Waals surface area contributed by atoms with Crippen LogP contribution in [0.25, 0.3) is 11.1 Å². The Kier molecular flexibility index (Phi) is 3.93. The summed E-state index contributed by atoms with van der Waals surface area (Å²) >= 11 is 0. The Morgan fingerprint density at radius 2 is 1.60 bits per heavy atom. The van der Waals surface area contributed by atoms with Crippen LogP contribution < -0.4 is 0 Å². The van der Waals surface area contributed by atoms with Crippen molar-refractivity contribution in [1.82, 2.24) is 0 Å². The molecule has 2 rings (SSSR count). The maximum absolute atomic E-state index is 12.5. The van der Waals surface area contributed by atoms with Gasteiger partial charge in [0.15, 0.2) is 0 Å². The van der Waals surface area contributed by atoms with Crippen molar-refractivity contribution in [1.29, 1.82) is 0 Å². The highest BCUT2D eigenvalue weighted by Gasteiger charge is 2.29. The largest absolute Gasteiger partial charge is 0.416 e. The zero-order chi connectivity index (χ0) is 14.8. The van der Waals surface area contributed by atoms with Crippen molar-refractivity contribution in [3.8, 4) is 11.1 Å². The summed E-state index contributed by atoms with van der Waals surface area (Å²) in [6.07, 6.45) is -3.14. The van der Waals surface area contributed by atoms with Crippen LogP contribution in [-0.4, -0.2) is 6.29 Å². The van der Waals surface area contributed by atoms with E-state index in [0.29, 0.717) is 6.42 Å². The van der Waals surface area contributed by atoms with Crippen molar-refractivity contribution in [2.24, 2.45) is 0 Å². The third-order valence-corrected chi connectivity index (χ3v) is 3.19. The van der Waals surface area contributed by atoms with E-state index in [9.17, 15) is 18.0 Å². The topological polar surface area (TPSA) is 17.1 Å². The summed E-state index contributed by atoms with van der Waals surface area (Å²) in [6, 6.07) is 10.6. The first-order valence-electron chi connectivity index (χ1n) is 6.12. The predicted molar refractivity (Wildman–Crippen MR) is 71.4 cm³/mol. The Hall–Kier alpha value is -2.10. The minimum absolute atomic E-state index is 0.346. The molecule has 104 valence electrons. The normalized spacial score (nSPS) is 11.4. The summed E-state index contributed by atoms with van der Waals surface area (Å²) in [5.41, 5.74) is 2.78. The lowest BCUT2D eigenvalue weighted by molar-refractivity contribution is -0.137. The molecule has 0 spiro atoms. The van der Waals surface area contributed by atoms with Crippen molar-refractivity contribution in [2.75, 3.05) is 0 Å². The summed E-state index contributed by atoms with van der Waals surface area (Å²) in [5, 5.41) is 0. The SMILES string of the molecule is Cc1cc(-c2ccc(C(F)(F)F)cc2)ccc1CC=O. The predicted octanol–water partition coefficient (Wildman–Crippen LogP) is 4.42. The molecular formula is C16H13F3O. The molecule has 0 N–H and O–H groups in total. The summed E-state index contributed by atoms with van der Waals surface area (Å²) in [5.74, 6) is 0. The third-order valence-electron chi connectivity index (χ3n) is 3.19. The van der Waals surface area contributed by atoms with E-state index in [1.807, 2.05) is 25.1 Å². The molecule has 2 aromatic rings. The monoisotopic (exact) mass is 278 g/mol. The zero-order valence-electron chi connectivity index (χ0n) is 10.9. The number of aryl methyl sites for hydroxylation is 1. The van der Waals surface area contributed by atoms with E-state index in [-0.39, 0.29) is 0 Å². The van der Waals surface area contributed by atoms with Gasteiger partial charge in [0, 0.05) is 6.42 Å². The van der Waals surface area contributed by atoms with E-state index < -0.39 is 11.7 Å². The lowest BCUT2D eigenvalue weighted by Gasteiger charge is -2.09. The fraction of sp³-hybridized carbons (Fsp3) is 0.188. The summed E-state index contributed by atoms with van der Waals surface area (Å²) < 4.78 is 37.5. The molecule has 0 atom stereocenters. The van der Waals surface area contributed by atoms with Gasteiger partial charge >= 0.3 is 6.18 Å². The van der Waals surface area contributed by atoms with E-state index >= 15 is 0 Å². The summed E-state index contributed by atoms with van der Waals surface area (Å²) in [6.45, 7) is 1.88. The number of carbonyl (C=O) groups is 1. The number of alkyl halides is 3. The Morgan fingerprint density at radius 3 is 2.10 bits per heavy atom. The van der Waals surface area contributed by atoms with Crippen LogP contribution in [0.2, 0.25) is 0 Å². The average Bonchev–Trinajstić information content (AvgIpc) is 2.40. The molecule has 0 amide bonds. The Bertz CT molecular complexity index is 613. The van der Waals surface area contributed by atoms with Crippen molar-refractivity contribution >= 4 is 6.29 Å². The van der Waals surface area contributed by atoms with Crippen LogP contribution >= 0.6 is 0 Å². The van der Waals surface area contributed by atoms with Crippen molar-refractivity contribution in [3.05, 3.63) is 59.2 Å². The van der Waals surface area contributed by atoms with Crippen LogP contribution in [0.4, 0.5) is 13.2 Å². The first-order chi connectivity index (χ1) is 9.41. The Morgan fingerprint density at radius 1 is 1.00 bits per heavy atom. The van der Waals surface area contributed by atoms with E-state index in [0.717, 1.165) is 40.7 Å². The van der Waals surface area contributed by atoms with Gasteiger partial charge in [0.05, 0.1) is 5.56 Å². The number of rotatable bonds is 3. The lowest BCUT2D eigenvalue weighted by Crippen LogP contribution is -2.04. The van der Waals surface area contributed by atoms with E-state index in [4.69, 9.17) is 0 Å². The molecule has 0 aromatic heterocycles. The summed E-state index contributed by atoms with van der Waals surface area (Å²) in [7, 11) is 0. The van der Waals surface area contributed by atoms with E-state index in [1.165, 1.54) is 12.1 Å². The van der Waals surface area contributed by atoms with E-state index in [1.54, 1.807) is 0 Å². The first kappa shape index (κ1) is 14.3. The lowest BCUT2D eigenvalue weighted by atomic mass is 9.98. The van der Waals surface area contributed by atoms with Gasteiger partial charge in [-0.3, -0.25) is 0 Å². The second-order valence-corrected chi connectivity index (χ2v) is 4.59. The van der Waals surface area contributed by atoms with Gasteiger partial charge in [0.1, 0.15) is 6.29 Å². The number of halogens is 3. The maximum atomic E-state index is 12.5. The number of hydrogen-bond donors (Lipinski definition) is 0. The molecule has 2 aromatic carbocycles. The number of aldehydes is 1. The van der Waals surface area contributed by atoms with Gasteiger partial charge in [-0.2, -0.15) is 13.2 Å². The molecule has 0 aliphatic heterocycles. The quantitative estimate of drug-likeness (QED) is 0.759. The first-order valence-corrected chi connectivity index (χ1v) is 6.12. The minimum Gasteiger partial charge on any atom is -0.303 e. The van der Waals surface area contributed by atoms with Crippen LogP contribution in [0.5, 0.6) is 0 Å². The van der Waals surface area contributed by atoms with Crippen molar-refractivity contribution in [3.63, 3.8) is 0 Å². The molecule has 20 heavy (non-hydrogen) atoms. The Labute approximate surface area is 115 Å². The second-order valence-electron chi connectivity index (χ2n) is 4.59. The number of hydrogen-bond acceptors (Lipinski definition) is 1. The molecule has 0 aliphatic carbocycles. The Balaban J connectivity index is 2.32. The third kappa shape index (κ3) is 3.07. The second kappa shape index (κ2) is 5.49. The van der Waals surface area contributed by atoms with Gasteiger partial charge in [-0.25, -0.2) is 0 Å². The smallest absolute Gasteiger partial charge is 0.303 e. The molecule has 0 saturated carbocycles. The van der Waals surface area contributed by atoms with Crippen LogP contribution in [0, 0.1) is 6.92 Å². The van der Waals surface area contributed by atoms with Gasteiger partial charge in [0.2, 0.25) is 0 Å². The van der Waals surface area contributed by atoms with Crippen LogP contribution in [0.1, 0.15) is 16.7 Å². The number of benzene rings is 2. The fourth-order valence-electron chi connectivity index (χ4n) is 2.05. The highest BCUT2D eigenvalue weighted by molar-refractivity contribution is 5.66. The molecule has 4 heteroatoms. The van der Waals surface area contributed by atoms with Gasteiger partial charge in [-0.05, 0) is 41.3 Å². The molecule has 0 bridgehead atoms. The van der Waals surface area contributed by atoms with Crippen LogP contribution in [0.15, 0.2) is 42.5 Å². The molecule has 0 heterocycles. The summed E-state index contributed by atoms with van der Waals surface area (Å²) in [4.78, 5) is 10.5. The molecule has 0 fully saturated rings. The van der Waals surface area contributed by atoms with Crippen LogP contribution in [-0.2, 0) is 17.4 Å². The fourth-order valence-corrected chi connectivity index (χ4v) is 2.05. The standard InChI is InChI=1S/C16H13F3O/c1-11-10-14(3-2-12(11)8-9-20)13-4-6-15(7-5-13)16(17,18)19/h2-7,9-10H,8H2,1H3. The molecule has 0 aliphatic rings. The van der Waals surface area contributed by atoms with Crippen LogP contribution in [0.3, 0.4) is 0 Å². The van der Waals surface area contributed by atoms with Gasteiger partial charge in [-0.1, -0.05) is 30.3 Å². The maximum Gasteiger partial charge on any atom is 0.416 e. The van der Waals surface area contributed by atoms with Gasteiger partial charge in [0.25, 0.3) is 0 Å². The van der Waals surface area contributed by atoms with Gasteiger partial charge in [-0.15, -0.1) is 0 Å². The molecule has 1 nitrogen and oxygen atoms in total. The zero-order valence-corrected chi connectivity index (χ0v) is 10.9. The number of carbonyl (C=O) groups excluding carboxylic acids is 1.